The number of fused-ring (bicyclic) bond motifs is 5. The Bertz CT molecular complexity index is 938. The molecule has 2 aromatic carbocycles. The van der Waals surface area contributed by atoms with E-state index in [4.69, 9.17) is 0 Å². The zero-order valence-electron chi connectivity index (χ0n) is 11.9. The van der Waals surface area contributed by atoms with Crippen LogP contribution in [0.15, 0.2) is 47.5 Å². The smallest absolute Gasteiger partial charge is 0.0461 e. The maximum Gasteiger partial charge on any atom is 0.0461 e. The van der Waals surface area contributed by atoms with Gasteiger partial charge in [0.15, 0.2) is 0 Å². The summed E-state index contributed by atoms with van der Waals surface area (Å²) in [7, 11) is -0.684. The molecular weight excluding hydrogens is 282 g/mol. The van der Waals surface area contributed by atoms with Crippen LogP contribution in [0.1, 0.15) is 0 Å². The number of H-pyrrole nitrogens is 1. The van der Waals surface area contributed by atoms with Gasteiger partial charge in [0.05, 0.1) is 0 Å². The summed E-state index contributed by atoms with van der Waals surface area (Å²) >= 11 is 1.89. The molecule has 0 saturated carbocycles. The Kier molecular flexibility index (Phi) is 2.48. The highest BCUT2D eigenvalue weighted by molar-refractivity contribution is 8.32. The van der Waals surface area contributed by atoms with Crippen molar-refractivity contribution < 1.29 is 0 Å². The van der Waals surface area contributed by atoms with Gasteiger partial charge in [-0.25, -0.2) is 10.0 Å². The first kappa shape index (κ1) is 12.3. The predicted octanol–water partition coefficient (Wildman–Crippen LogP) is 5.59. The second kappa shape index (κ2) is 4.03. The van der Waals surface area contributed by atoms with Crippen LogP contribution in [0.2, 0.25) is 0 Å². The Morgan fingerprint density at radius 1 is 0.900 bits per heavy atom. The molecule has 2 aromatic heterocycles. The first-order valence-electron chi connectivity index (χ1n) is 6.65. The zero-order valence-corrected chi connectivity index (χ0v) is 13.5. The molecule has 0 spiro atoms. The molecule has 1 N–H and O–H groups in total. The van der Waals surface area contributed by atoms with E-state index in [0.717, 1.165) is 0 Å². The fourth-order valence-corrected chi connectivity index (χ4v) is 4.82. The van der Waals surface area contributed by atoms with Crippen molar-refractivity contribution in [2.24, 2.45) is 0 Å². The van der Waals surface area contributed by atoms with E-state index < -0.39 is 10.0 Å². The van der Waals surface area contributed by atoms with Crippen LogP contribution in [-0.2, 0) is 0 Å². The van der Waals surface area contributed by atoms with E-state index in [1.54, 1.807) is 0 Å². The normalized spacial score (nSPS) is 13.6. The predicted molar refractivity (Wildman–Crippen MR) is 94.8 cm³/mol. The van der Waals surface area contributed by atoms with E-state index in [9.17, 15) is 0 Å². The number of rotatable bonds is 1. The molecule has 4 aromatic rings. The van der Waals surface area contributed by atoms with Gasteiger partial charge in [-0.15, -0.1) is 11.3 Å². The van der Waals surface area contributed by atoms with Gasteiger partial charge in [0, 0.05) is 37.3 Å². The Balaban J connectivity index is 2.19. The molecule has 0 aliphatic carbocycles. The maximum atomic E-state index is 3.32. The summed E-state index contributed by atoms with van der Waals surface area (Å²) in [5.41, 5.74) is 1.23. The molecule has 2 heterocycles. The lowest BCUT2D eigenvalue weighted by Crippen LogP contribution is -1.91. The Hall–Kier alpha value is -1.45. The summed E-state index contributed by atoms with van der Waals surface area (Å²) in [5.74, 6) is 0. The SMILES string of the molecule is CS(C)(C)c1ccc2sc3ccc4[nH]ccc4c3c2c1. The molecule has 0 amide bonds. The average molecular weight is 299 g/mol. The monoisotopic (exact) mass is 299 g/mol. The first-order chi connectivity index (χ1) is 9.54. The number of thiophene rings is 1. The fourth-order valence-electron chi connectivity index (χ4n) is 2.77. The molecule has 4 rings (SSSR count). The third-order valence-corrected chi connectivity index (χ3v) is 6.65. The van der Waals surface area contributed by atoms with Gasteiger partial charge in [-0.1, -0.05) is 0 Å². The lowest BCUT2D eigenvalue weighted by Gasteiger charge is -2.25. The van der Waals surface area contributed by atoms with Crippen molar-refractivity contribution in [3.8, 4) is 0 Å². The van der Waals surface area contributed by atoms with E-state index >= 15 is 0 Å². The molecule has 0 aliphatic rings. The van der Waals surface area contributed by atoms with Gasteiger partial charge < -0.3 is 4.98 Å². The third kappa shape index (κ3) is 1.70. The van der Waals surface area contributed by atoms with Crippen LogP contribution < -0.4 is 0 Å². The summed E-state index contributed by atoms with van der Waals surface area (Å²) in [6, 6.07) is 13.6. The van der Waals surface area contributed by atoms with Gasteiger partial charge in [-0.2, -0.15) is 0 Å². The number of hydrogen-bond donors (Lipinski definition) is 1. The van der Waals surface area contributed by atoms with E-state index in [1.807, 2.05) is 17.5 Å². The average Bonchev–Trinajstić information content (AvgIpc) is 2.99. The van der Waals surface area contributed by atoms with Crippen molar-refractivity contribution in [3.63, 3.8) is 0 Å². The van der Waals surface area contributed by atoms with Crippen LogP contribution in [0.5, 0.6) is 0 Å². The topological polar surface area (TPSA) is 15.8 Å². The molecule has 0 unspecified atom stereocenters. The molecule has 0 atom stereocenters. The van der Waals surface area contributed by atoms with Gasteiger partial charge in [0.1, 0.15) is 0 Å². The van der Waals surface area contributed by atoms with Crippen molar-refractivity contribution in [3.05, 3.63) is 42.6 Å². The van der Waals surface area contributed by atoms with Crippen LogP contribution in [0.25, 0.3) is 31.1 Å². The fraction of sp³-hybridized carbons (Fsp3) is 0.176. The second-order valence-corrected chi connectivity index (χ2v) is 11.2. The van der Waals surface area contributed by atoms with Gasteiger partial charge in [0.2, 0.25) is 0 Å². The van der Waals surface area contributed by atoms with E-state index in [1.165, 1.54) is 36.0 Å². The number of nitrogens with one attached hydrogen (secondary N) is 1. The molecular formula is C17H17NS2. The standard InChI is InChI=1S/C17H17NS2/c1-20(2,3)11-4-6-15-13(10-11)17-12-8-9-18-14(12)5-7-16(17)19-15/h4-10,18H,1-3H3. The highest BCUT2D eigenvalue weighted by atomic mass is 32.3. The Labute approximate surface area is 123 Å². The largest absolute Gasteiger partial charge is 0.361 e. The van der Waals surface area contributed by atoms with Crippen molar-refractivity contribution >= 4 is 52.4 Å². The van der Waals surface area contributed by atoms with Crippen LogP contribution in [0, 0.1) is 0 Å². The highest BCUT2D eigenvalue weighted by Gasteiger charge is 2.13. The molecule has 0 radical (unpaired) electrons. The number of aromatic amines is 1. The quantitative estimate of drug-likeness (QED) is 0.471. The van der Waals surface area contributed by atoms with Crippen molar-refractivity contribution in [2.45, 2.75) is 4.90 Å². The van der Waals surface area contributed by atoms with E-state index in [-0.39, 0.29) is 0 Å². The summed E-state index contributed by atoms with van der Waals surface area (Å²) in [6.45, 7) is 0. The number of hydrogen-bond acceptors (Lipinski definition) is 1. The molecule has 0 saturated heterocycles. The summed E-state index contributed by atoms with van der Waals surface area (Å²) in [5, 5.41) is 4.17. The molecule has 102 valence electrons. The Morgan fingerprint density at radius 2 is 1.70 bits per heavy atom. The van der Waals surface area contributed by atoms with Crippen LogP contribution in [0.3, 0.4) is 0 Å². The lowest BCUT2D eigenvalue weighted by molar-refractivity contribution is 1.48. The minimum atomic E-state index is -0.684. The first-order valence-corrected chi connectivity index (χ1v) is 10.3. The number of aromatic nitrogens is 1. The van der Waals surface area contributed by atoms with Gasteiger partial charge in [-0.05, 0) is 60.1 Å². The van der Waals surface area contributed by atoms with Crippen molar-refractivity contribution in [1.29, 1.82) is 0 Å². The van der Waals surface area contributed by atoms with Crippen LogP contribution in [-0.4, -0.2) is 23.8 Å². The highest BCUT2D eigenvalue weighted by Crippen LogP contribution is 2.48. The third-order valence-electron chi connectivity index (χ3n) is 3.84. The van der Waals surface area contributed by atoms with Crippen LogP contribution >= 0.6 is 21.4 Å². The summed E-state index contributed by atoms with van der Waals surface area (Å²) in [4.78, 5) is 4.80. The van der Waals surface area contributed by atoms with Crippen LogP contribution in [0.4, 0.5) is 0 Å². The molecule has 0 fully saturated rings. The minimum Gasteiger partial charge on any atom is -0.361 e. The second-order valence-electron chi connectivity index (χ2n) is 5.97. The Morgan fingerprint density at radius 3 is 2.50 bits per heavy atom. The summed E-state index contributed by atoms with van der Waals surface area (Å²) < 4.78 is 2.77. The zero-order chi connectivity index (χ0) is 13.9. The van der Waals surface area contributed by atoms with E-state index in [0.29, 0.717) is 0 Å². The van der Waals surface area contributed by atoms with Gasteiger partial charge in [-0.3, -0.25) is 0 Å². The van der Waals surface area contributed by atoms with Crippen molar-refractivity contribution in [2.75, 3.05) is 18.8 Å². The molecule has 0 aliphatic heterocycles. The summed E-state index contributed by atoms with van der Waals surface area (Å²) in [6.07, 6.45) is 9.10. The lowest BCUT2D eigenvalue weighted by atomic mass is 10.1. The molecule has 3 heteroatoms. The van der Waals surface area contributed by atoms with E-state index in [2.05, 4.69) is 60.1 Å². The molecule has 20 heavy (non-hydrogen) atoms. The minimum absolute atomic E-state index is 0.684. The van der Waals surface area contributed by atoms with Gasteiger partial charge >= 0.3 is 0 Å². The number of benzene rings is 2. The van der Waals surface area contributed by atoms with Gasteiger partial charge in [0.25, 0.3) is 0 Å². The molecule has 1 nitrogen and oxygen atoms in total. The van der Waals surface area contributed by atoms with Crippen molar-refractivity contribution in [1.82, 2.24) is 4.98 Å². The maximum absolute atomic E-state index is 3.32. The molecule has 0 bridgehead atoms.